The lowest BCUT2D eigenvalue weighted by molar-refractivity contribution is -0.257. The number of sulfone groups is 1. The van der Waals surface area contributed by atoms with Crippen molar-refractivity contribution in [1.29, 1.82) is 5.26 Å². The number of fused-ring (bicyclic) bond motifs is 1. The summed E-state index contributed by atoms with van der Waals surface area (Å²) in [5.74, 6) is -1.26. The molecule has 9 nitrogen and oxygen atoms in total. The summed E-state index contributed by atoms with van der Waals surface area (Å²) < 4.78 is 103. The number of rotatable bonds is 9. The number of carbonyl (C=O) groups excluding carboxylic acids is 1. The largest absolute Gasteiger partial charge is 0.486 e. The van der Waals surface area contributed by atoms with Gasteiger partial charge in [0.2, 0.25) is 5.60 Å². The lowest BCUT2D eigenvalue weighted by Crippen LogP contribution is -2.44. The summed E-state index contributed by atoms with van der Waals surface area (Å²) in [5.41, 5.74) is -2.43. The standard InChI is InChI=1S/C26H27F3N2O7S2/c1-25(2,26(27,28)29)38-24(32)14-17-6-9-23-22(13-17)31(40(35,36)21-5-3-4-18(12-21)15-30)16-19(37-23)10-11-39(33,34)20-7-8-20/h3-6,9,12-13,19-20H,7-8,10-11,14,16H2,1-2H3/t19-/m0/s1. The monoisotopic (exact) mass is 600 g/mol. The molecule has 14 heteroatoms. The lowest BCUT2D eigenvalue weighted by Gasteiger charge is -2.36. The fraction of sp³-hybridized carbons (Fsp3) is 0.462. The third-order valence-electron chi connectivity index (χ3n) is 6.66. The molecule has 1 heterocycles. The van der Waals surface area contributed by atoms with Crippen LogP contribution >= 0.6 is 0 Å². The van der Waals surface area contributed by atoms with Gasteiger partial charge in [-0.25, -0.2) is 16.8 Å². The number of ether oxygens (including phenoxy) is 2. The van der Waals surface area contributed by atoms with E-state index >= 15 is 0 Å². The van der Waals surface area contributed by atoms with Gasteiger partial charge in [0.1, 0.15) is 11.9 Å². The molecule has 40 heavy (non-hydrogen) atoms. The second-order valence-corrected chi connectivity index (χ2v) is 14.5. The van der Waals surface area contributed by atoms with Gasteiger partial charge in [-0.1, -0.05) is 12.1 Å². The number of halogens is 3. The van der Waals surface area contributed by atoms with Crippen LogP contribution in [-0.4, -0.2) is 58.2 Å². The van der Waals surface area contributed by atoms with E-state index in [2.05, 4.69) is 4.74 Å². The van der Waals surface area contributed by atoms with Crippen LogP contribution in [0.2, 0.25) is 0 Å². The Morgan fingerprint density at radius 1 is 1.12 bits per heavy atom. The van der Waals surface area contributed by atoms with Crippen LogP contribution in [0.4, 0.5) is 18.9 Å². The Morgan fingerprint density at radius 3 is 2.45 bits per heavy atom. The smallest absolute Gasteiger partial charge is 0.427 e. The summed E-state index contributed by atoms with van der Waals surface area (Å²) in [6, 6.07) is 11.3. The predicted molar refractivity (Wildman–Crippen MR) is 138 cm³/mol. The fourth-order valence-electron chi connectivity index (χ4n) is 4.13. The summed E-state index contributed by atoms with van der Waals surface area (Å²) in [5, 5.41) is 8.85. The van der Waals surface area contributed by atoms with Gasteiger partial charge in [0.15, 0.2) is 9.84 Å². The SMILES string of the molecule is CC(C)(OC(=O)Cc1ccc2c(c1)N(S(=O)(=O)c1cccc(C#N)c1)C[C@H](CCS(=O)(=O)C1CC1)O2)C(F)(F)F. The molecule has 2 aromatic carbocycles. The first kappa shape index (κ1) is 29.7. The summed E-state index contributed by atoms with van der Waals surface area (Å²) in [6.07, 6.45) is -4.97. The minimum atomic E-state index is -4.79. The molecule has 1 aliphatic carbocycles. The van der Waals surface area contributed by atoms with E-state index in [1.165, 1.54) is 42.5 Å². The number of carbonyl (C=O) groups is 1. The fourth-order valence-corrected chi connectivity index (χ4v) is 7.46. The van der Waals surface area contributed by atoms with E-state index in [4.69, 9.17) is 4.74 Å². The normalized spacial score (nSPS) is 17.9. The highest BCUT2D eigenvalue weighted by Gasteiger charge is 2.50. The van der Waals surface area contributed by atoms with E-state index < -0.39 is 50.1 Å². The molecular formula is C26H27F3N2O7S2. The zero-order chi connectivity index (χ0) is 29.5. The van der Waals surface area contributed by atoms with Crippen molar-refractivity contribution < 1.29 is 44.3 Å². The highest BCUT2D eigenvalue weighted by molar-refractivity contribution is 7.93. The number of sulfonamides is 1. The van der Waals surface area contributed by atoms with Crippen LogP contribution < -0.4 is 9.04 Å². The average Bonchev–Trinajstić information content (AvgIpc) is 3.72. The Bertz CT molecular complexity index is 1560. The average molecular weight is 601 g/mol. The molecular weight excluding hydrogens is 573 g/mol. The Kier molecular flexibility index (Phi) is 7.85. The van der Waals surface area contributed by atoms with Crippen molar-refractivity contribution in [3.8, 4) is 11.8 Å². The van der Waals surface area contributed by atoms with Crippen molar-refractivity contribution in [2.45, 2.75) is 67.6 Å². The third kappa shape index (κ3) is 6.36. The van der Waals surface area contributed by atoms with Crippen LogP contribution in [0, 0.1) is 11.3 Å². The van der Waals surface area contributed by atoms with E-state index in [-0.39, 0.29) is 51.4 Å². The quantitative estimate of drug-likeness (QED) is 0.396. The van der Waals surface area contributed by atoms with Crippen molar-refractivity contribution in [2.75, 3.05) is 16.6 Å². The van der Waals surface area contributed by atoms with Crippen molar-refractivity contribution in [3.05, 3.63) is 53.6 Å². The van der Waals surface area contributed by atoms with Crippen LogP contribution in [0.25, 0.3) is 0 Å². The van der Waals surface area contributed by atoms with Crippen LogP contribution in [0.1, 0.15) is 44.2 Å². The number of hydrogen-bond acceptors (Lipinski definition) is 8. The molecule has 0 spiro atoms. The molecule has 1 fully saturated rings. The zero-order valence-electron chi connectivity index (χ0n) is 21.6. The van der Waals surface area contributed by atoms with E-state index in [9.17, 15) is 40.1 Å². The van der Waals surface area contributed by atoms with Gasteiger partial charge in [-0.05, 0) is 69.0 Å². The van der Waals surface area contributed by atoms with E-state index in [0.29, 0.717) is 12.8 Å². The molecule has 0 aromatic heterocycles. The highest BCUT2D eigenvalue weighted by atomic mass is 32.2. The Labute approximate surface area is 230 Å². The maximum absolute atomic E-state index is 13.7. The molecule has 0 bridgehead atoms. The summed E-state index contributed by atoms with van der Waals surface area (Å²) in [6.45, 7) is 1.18. The molecule has 0 saturated heterocycles. The maximum atomic E-state index is 13.7. The van der Waals surface area contributed by atoms with E-state index in [1.54, 1.807) is 0 Å². The Hall–Kier alpha value is -3.31. The van der Waals surface area contributed by atoms with Gasteiger partial charge >= 0.3 is 12.1 Å². The number of nitriles is 1. The van der Waals surface area contributed by atoms with Gasteiger partial charge in [-0.3, -0.25) is 9.10 Å². The van der Waals surface area contributed by atoms with E-state index in [0.717, 1.165) is 18.2 Å². The third-order valence-corrected chi connectivity index (χ3v) is 10.7. The molecule has 1 aliphatic heterocycles. The first-order valence-corrected chi connectivity index (χ1v) is 15.5. The van der Waals surface area contributed by atoms with Crippen LogP contribution in [0.15, 0.2) is 47.4 Å². The number of alkyl halides is 3. The van der Waals surface area contributed by atoms with Crippen LogP contribution in [-0.2, 0) is 35.8 Å². The van der Waals surface area contributed by atoms with Crippen molar-refractivity contribution in [3.63, 3.8) is 0 Å². The van der Waals surface area contributed by atoms with Crippen molar-refractivity contribution in [2.24, 2.45) is 0 Å². The zero-order valence-corrected chi connectivity index (χ0v) is 23.3. The molecule has 0 amide bonds. The summed E-state index contributed by atoms with van der Waals surface area (Å²) in [7, 11) is -7.64. The molecule has 0 radical (unpaired) electrons. The number of nitrogens with zero attached hydrogens (tertiary/aromatic N) is 2. The first-order chi connectivity index (χ1) is 18.5. The highest BCUT2D eigenvalue weighted by Crippen LogP contribution is 2.40. The topological polar surface area (TPSA) is 131 Å². The molecule has 2 aromatic rings. The minimum Gasteiger partial charge on any atom is -0.486 e. The van der Waals surface area contributed by atoms with Gasteiger partial charge in [0.25, 0.3) is 10.0 Å². The molecule has 216 valence electrons. The molecule has 1 saturated carbocycles. The molecule has 2 aliphatic rings. The second-order valence-electron chi connectivity index (χ2n) is 10.2. The Morgan fingerprint density at radius 2 is 1.82 bits per heavy atom. The second kappa shape index (κ2) is 10.6. The number of esters is 1. The van der Waals surface area contributed by atoms with E-state index in [1.807, 2.05) is 6.07 Å². The van der Waals surface area contributed by atoms with Crippen molar-refractivity contribution >= 4 is 31.5 Å². The molecule has 0 unspecified atom stereocenters. The number of anilines is 1. The molecule has 4 rings (SSSR count). The predicted octanol–water partition coefficient (Wildman–Crippen LogP) is 3.91. The minimum absolute atomic E-state index is 0.0176. The number of hydrogen-bond donors (Lipinski definition) is 0. The molecule has 0 N–H and O–H groups in total. The van der Waals surface area contributed by atoms with Gasteiger partial charge in [0.05, 0.1) is 46.2 Å². The lowest BCUT2D eigenvalue weighted by atomic mass is 10.1. The van der Waals surface area contributed by atoms with Crippen LogP contribution in [0.3, 0.4) is 0 Å². The Balaban J connectivity index is 1.65. The van der Waals surface area contributed by atoms with Crippen LogP contribution in [0.5, 0.6) is 5.75 Å². The van der Waals surface area contributed by atoms with Crippen molar-refractivity contribution in [1.82, 2.24) is 0 Å². The first-order valence-electron chi connectivity index (χ1n) is 12.4. The maximum Gasteiger partial charge on any atom is 0.427 e. The van der Waals surface area contributed by atoms with Gasteiger partial charge in [0, 0.05) is 0 Å². The van der Waals surface area contributed by atoms with Gasteiger partial charge < -0.3 is 9.47 Å². The number of benzene rings is 2. The van der Waals surface area contributed by atoms with Gasteiger partial charge in [-0.15, -0.1) is 0 Å². The molecule has 1 atom stereocenters. The summed E-state index contributed by atoms with van der Waals surface area (Å²) >= 11 is 0. The summed E-state index contributed by atoms with van der Waals surface area (Å²) in [4.78, 5) is 12.1. The van der Waals surface area contributed by atoms with Gasteiger partial charge in [-0.2, -0.15) is 18.4 Å².